The summed E-state index contributed by atoms with van der Waals surface area (Å²) < 4.78 is 0. The van der Waals surface area contributed by atoms with Crippen LogP contribution in [0.1, 0.15) is 30.0 Å². The van der Waals surface area contributed by atoms with Gasteiger partial charge in [-0.3, -0.25) is 4.79 Å². The van der Waals surface area contributed by atoms with Gasteiger partial charge in [-0.1, -0.05) is 29.8 Å². The van der Waals surface area contributed by atoms with Gasteiger partial charge in [0.05, 0.1) is 0 Å². The number of aryl methyl sites for hydroxylation is 1. The standard InChI is InChI=1S/C14H18N2O3/c1-9-4-6-10(7-5-9)12(15)13(17)16-8-2-3-11(16)14(18)19/h4-7,11-12H,2-3,8,15H2,1H3,(H,18,19). The Labute approximate surface area is 112 Å². The van der Waals surface area contributed by atoms with E-state index in [9.17, 15) is 9.59 Å². The number of nitrogens with zero attached hydrogens (tertiary/aromatic N) is 1. The maximum absolute atomic E-state index is 12.3. The van der Waals surface area contributed by atoms with Crippen LogP contribution in [0.4, 0.5) is 0 Å². The largest absolute Gasteiger partial charge is 0.480 e. The van der Waals surface area contributed by atoms with E-state index in [1.807, 2.05) is 31.2 Å². The predicted molar refractivity (Wildman–Crippen MR) is 70.5 cm³/mol. The zero-order valence-electron chi connectivity index (χ0n) is 10.9. The van der Waals surface area contributed by atoms with E-state index in [0.717, 1.165) is 5.56 Å². The highest BCUT2D eigenvalue weighted by Gasteiger charge is 2.36. The Morgan fingerprint density at radius 3 is 2.58 bits per heavy atom. The van der Waals surface area contributed by atoms with Crippen molar-refractivity contribution in [3.05, 3.63) is 35.4 Å². The maximum Gasteiger partial charge on any atom is 0.326 e. The molecule has 102 valence electrons. The van der Waals surface area contributed by atoms with Crippen LogP contribution < -0.4 is 5.73 Å². The topological polar surface area (TPSA) is 83.6 Å². The van der Waals surface area contributed by atoms with Gasteiger partial charge in [0.25, 0.3) is 0 Å². The fourth-order valence-corrected chi connectivity index (χ4v) is 2.38. The van der Waals surface area contributed by atoms with Crippen molar-refractivity contribution in [3.63, 3.8) is 0 Å². The van der Waals surface area contributed by atoms with Crippen LogP contribution in [0, 0.1) is 6.92 Å². The molecule has 5 nitrogen and oxygen atoms in total. The Morgan fingerprint density at radius 1 is 1.37 bits per heavy atom. The van der Waals surface area contributed by atoms with Gasteiger partial charge in [0.15, 0.2) is 0 Å². The van der Waals surface area contributed by atoms with Gasteiger partial charge < -0.3 is 15.7 Å². The fourth-order valence-electron chi connectivity index (χ4n) is 2.38. The van der Waals surface area contributed by atoms with Crippen molar-refractivity contribution in [1.82, 2.24) is 4.90 Å². The molecule has 0 spiro atoms. The molecule has 1 aliphatic heterocycles. The number of benzene rings is 1. The van der Waals surface area contributed by atoms with Gasteiger partial charge in [0.2, 0.25) is 5.91 Å². The molecule has 2 unspecified atom stereocenters. The smallest absolute Gasteiger partial charge is 0.326 e. The van der Waals surface area contributed by atoms with Crippen molar-refractivity contribution in [1.29, 1.82) is 0 Å². The zero-order valence-corrected chi connectivity index (χ0v) is 10.9. The van der Waals surface area contributed by atoms with E-state index in [1.54, 1.807) is 0 Å². The summed E-state index contributed by atoms with van der Waals surface area (Å²) in [5, 5.41) is 9.09. The molecule has 1 heterocycles. The molecule has 0 aliphatic carbocycles. The van der Waals surface area contributed by atoms with E-state index < -0.39 is 18.1 Å². The lowest BCUT2D eigenvalue weighted by molar-refractivity contribution is -0.148. The molecule has 5 heteroatoms. The highest BCUT2D eigenvalue weighted by atomic mass is 16.4. The van der Waals surface area contributed by atoms with Gasteiger partial charge in [-0.2, -0.15) is 0 Å². The van der Waals surface area contributed by atoms with Crippen LogP contribution in [-0.2, 0) is 9.59 Å². The lowest BCUT2D eigenvalue weighted by atomic mass is 10.0. The van der Waals surface area contributed by atoms with Gasteiger partial charge >= 0.3 is 5.97 Å². The molecule has 1 amide bonds. The van der Waals surface area contributed by atoms with Crippen LogP contribution in [0.15, 0.2) is 24.3 Å². The Balaban J connectivity index is 2.14. The fraction of sp³-hybridized carbons (Fsp3) is 0.429. The first-order valence-corrected chi connectivity index (χ1v) is 6.36. The maximum atomic E-state index is 12.3. The molecule has 1 aliphatic rings. The monoisotopic (exact) mass is 262 g/mol. The molecular formula is C14H18N2O3. The zero-order chi connectivity index (χ0) is 14.0. The molecule has 3 N–H and O–H groups in total. The Bertz CT molecular complexity index is 484. The Kier molecular flexibility index (Phi) is 3.85. The minimum Gasteiger partial charge on any atom is -0.480 e. The van der Waals surface area contributed by atoms with E-state index in [-0.39, 0.29) is 5.91 Å². The summed E-state index contributed by atoms with van der Waals surface area (Å²) in [6.07, 6.45) is 1.21. The van der Waals surface area contributed by atoms with Crippen molar-refractivity contribution in [2.24, 2.45) is 5.73 Å². The average molecular weight is 262 g/mol. The second-order valence-electron chi connectivity index (χ2n) is 4.92. The SMILES string of the molecule is Cc1ccc(C(N)C(=O)N2CCCC2C(=O)O)cc1. The van der Waals surface area contributed by atoms with E-state index in [1.165, 1.54) is 4.90 Å². The van der Waals surface area contributed by atoms with E-state index in [2.05, 4.69) is 0 Å². The number of carbonyl (C=O) groups is 2. The van der Waals surface area contributed by atoms with Crippen LogP contribution >= 0.6 is 0 Å². The van der Waals surface area contributed by atoms with Gasteiger partial charge in [-0.25, -0.2) is 4.79 Å². The molecule has 0 aromatic heterocycles. The number of carboxylic acid groups (broad SMARTS) is 1. The third-order valence-electron chi connectivity index (χ3n) is 3.52. The Morgan fingerprint density at radius 2 is 2.00 bits per heavy atom. The van der Waals surface area contributed by atoms with Crippen molar-refractivity contribution < 1.29 is 14.7 Å². The first-order chi connectivity index (χ1) is 9.00. The quantitative estimate of drug-likeness (QED) is 0.853. The highest BCUT2D eigenvalue weighted by Crippen LogP contribution is 2.22. The van der Waals surface area contributed by atoms with Crippen LogP contribution in [0.3, 0.4) is 0 Å². The van der Waals surface area contributed by atoms with Crippen molar-refractivity contribution in [2.75, 3.05) is 6.54 Å². The van der Waals surface area contributed by atoms with Crippen molar-refractivity contribution in [3.8, 4) is 0 Å². The van der Waals surface area contributed by atoms with Gasteiger partial charge in [-0.05, 0) is 25.3 Å². The summed E-state index contributed by atoms with van der Waals surface area (Å²) in [6.45, 7) is 2.42. The normalized spacial score (nSPS) is 20.3. The molecule has 1 aromatic carbocycles. The van der Waals surface area contributed by atoms with Crippen LogP contribution in [0.5, 0.6) is 0 Å². The van der Waals surface area contributed by atoms with Crippen LogP contribution in [0.2, 0.25) is 0 Å². The molecular weight excluding hydrogens is 244 g/mol. The second kappa shape index (κ2) is 5.40. The first kappa shape index (κ1) is 13.5. The number of hydrogen-bond acceptors (Lipinski definition) is 3. The number of carbonyl (C=O) groups excluding carboxylic acids is 1. The number of amides is 1. The van der Waals surface area contributed by atoms with Crippen LogP contribution in [-0.4, -0.2) is 34.5 Å². The summed E-state index contributed by atoms with van der Waals surface area (Å²) in [6, 6.07) is 5.88. The minimum absolute atomic E-state index is 0.311. The average Bonchev–Trinajstić information content (AvgIpc) is 2.87. The number of aliphatic carboxylic acids is 1. The van der Waals surface area contributed by atoms with Crippen LogP contribution in [0.25, 0.3) is 0 Å². The lowest BCUT2D eigenvalue weighted by Gasteiger charge is -2.25. The molecule has 2 rings (SSSR count). The lowest BCUT2D eigenvalue weighted by Crippen LogP contribution is -2.44. The summed E-state index contributed by atoms with van der Waals surface area (Å²) in [5.74, 6) is -1.27. The third kappa shape index (κ3) is 2.76. The van der Waals surface area contributed by atoms with E-state index >= 15 is 0 Å². The molecule has 1 saturated heterocycles. The molecule has 0 saturated carbocycles. The van der Waals surface area contributed by atoms with Crippen molar-refractivity contribution in [2.45, 2.75) is 31.8 Å². The molecule has 2 atom stereocenters. The number of nitrogens with two attached hydrogens (primary N) is 1. The van der Waals surface area contributed by atoms with Gasteiger partial charge in [-0.15, -0.1) is 0 Å². The summed E-state index contributed by atoms with van der Waals surface area (Å²) >= 11 is 0. The second-order valence-corrected chi connectivity index (χ2v) is 4.92. The molecule has 19 heavy (non-hydrogen) atoms. The highest BCUT2D eigenvalue weighted by molar-refractivity contribution is 5.88. The molecule has 0 radical (unpaired) electrons. The molecule has 0 bridgehead atoms. The first-order valence-electron chi connectivity index (χ1n) is 6.36. The van der Waals surface area contributed by atoms with Crippen molar-refractivity contribution >= 4 is 11.9 Å². The number of rotatable bonds is 3. The number of carboxylic acids is 1. The summed E-state index contributed by atoms with van der Waals surface area (Å²) in [5.41, 5.74) is 7.75. The number of likely N-dealkylation sites (tertiary alicyclic amines) is 1. The molecule has 1 aromatic rings. The minimum atomic E-state index is -0.957. The van der Waals surface area contributed by atoms with Gasteiger partial charge in [0.1, 0.15) is 12.1 Å². The van der Waals surface area contributed by atoms with E-state index in [4.69, 9.17) is 10.8 Å². The predicted octanol–water partition coefficient (Wildman–Crippen LogP) is 1.07. The number of hydrogen-bond donors (Lipinski definition) is 2. The summed E-state index contributed by atoms with van der Waals surface area (Å²) in [4.78, 5) is 24.8. The Hall–Kier alpha value is -1.88. The van der Waals surface area contributed by atoms with E-state index in [0.29, 0.717) is 24.9 Å². The third-order valence-corrected chi connectivity index (χ3v) is 3.52. The van der Waals surface area contributed by atoms with Gasteiger partial charge in [0, 0.05) is 6.54 Å². The molecule has 1 fully saturated rings. The summed E-state index contributed by atoms with van der Waals surface area (Å²) in [7, 11) is 0.